The minimum Gasteiger partial charge on any atom is -0.507 e. The average Bonchev–Trinajstić information content (AvgIpc) is 2.64. The summed E-state index contributed by atoms with van der Waals surface area (Å²) in [5, 5.41) is 16.7. The highest BCUT2D eigenvalue weighted by molar-refractivity contribution is 6.39. The zero-order valence-electron chi connectivity index (χ0n) is 15.1. The summed E-state index contributed by atoms with van der Waals surface area (Å²) in [6.07, 6.45) is 1.27. The van der Waals surface area contributed by atoms with Crippen LogP contribution in [0.25, 0.3) is 0 Å². The summed E-state index contributed by atoms with van der Waals surface area (Å²) in [5.74, 6) is -1.79. The molecule has 0 saturated heterocycles. The molecule has 0 aliphatic rings. The van der Waals surface area contributed by atoms with E-state index in [1.807, 2.05) is 19.9 Å². The maximum absolute atomic E-state index is 11.8. The van der Waals surface area contributed by atoms with E-state index in [-0.39, 0.29) is 5.75 Å². The van der Waals surface area contributed by atoms with Crippen LogP contribution in [0.1, 0.15) is 19.4 Å². The van der Waals surface area contributed by atoms with E-state index in [0.29, 0.717) is 16.3 Å². The second-order valence-corrected chi connectivity index (χ2v) is 6.02. The molecule has 3 N–H and O–H groups in total. The summed E-state index contributed by atoms with van der Waals surface area (Å²) in [4.78, 5) is 25.7. The molecule has 2 amide bonds. The number of hydrazone groups is 1. The first kappa shape index (κ1) is 20.3. The van der Waals surface area contributed by atoms with Crippen molar-refractivity contribution in [1.29, 1.82) is 0 Å². The number of nitrogens with one attached hydrogen (secondary N) is 2. The Hall–Kier alpha value is -3.06. The number of nitrogens with zero attached hydrogens (tertiary/aromatic N) is 2. The Morgan fingerprint density at radius 2 is 1.89 bits per heavy atom. The highest BCUT2D eigenvalue weighted by atomic mass is 35.5. The van der Waals surface area contributed by atoms with Gasteiger partial charge in [-0.05, 0) is 44.2 Å². The molecule has 0 radical (unpaired) electrons. The number of phenolic OH excluding ortho intramolecular Hbond substituents is 1. The fraction of sp³-hybridized carbons (Fsp3) is 0.211. The number of rotatable bonds is 6. The van der Waals surface area contributed by atoms with E-state index in [9.17, 15) is 14.7 Å². The Kier molecular flexibility index (Phi) is 7.19. The van der Waals surface area contributed by atoms with Crippen molar-refractivity contribution in [3.8, 4) is 5.75 Å². The van der Waals surface area contributed by atoms with Crippen LogP contribution < -0.4 is 15.6 Å². The first-order valence-electron chi connectivity index (χ1n) is 8.42. The number of halogens is 1. The second kappa shape index (κ2) is 9.59. The number of hydrogen-bond acceptors (Lipinski definition) is 5. The van der Waals surface area contributed by atoms with Crippen molar-refractivity contribution in [2.45, 2.75) is 13.8 Å². The van der Waals surface area contributed by atoms with E-state index in [4.69, 9.17) is 11.6 Å². The Bertz CT molecular complexity index is 851. The molecular weight excluding hydrogens is 368 g/mol. The quantitative estimate of drug-likeness (QED) is 0.403. The lowest BCUT2D eigenvalue weighted by atomic mass is 10.2. The number of carbonyl (C=O) groups excluding carboxylic acids is 2. The molecule has 0 aromatic heterocycles. The third-order valence-corrected chi connectivity index (χ3v) is 4.04. The second-order valence-electron chi connectivity index (χ2n) is 5.58. The lowest BCUT2D eigenvalue weighted by Gasteiger charge is -2.21. The Morgan fingerprint density at radius 3 is 2.52 bits per heavy atom. The fourth-order valence-electron chi connectivity index (χ4n) is 2.39. The Morgan fingerprint density at radius 1 is 1.15 bits per heavy atom. The molecule has 2 aromatic carbocycles. The first-order valence-corrected chi connectivity index (χ1v) is 8.80. The van der Waals surface area contributed by atoms with Gasteiger partial charge in [-0.2, -0.15) is 5.10 Å². The van der Waals surface area contributed by atoms with E-state index in [1.54, 1.807) is 30.3 Å². The van der Waals surface area contributed by atoms with E-state index < -0.39 is 11.8 Å². The highest BCUT2D eigenvalue weighted by Crippen LogP contribution is 2.23. The number of hydrogen-bond donors (Lipinski definition) is 3. The van der Waals surface area contributed by atoms with Crippen molar-refractivity contribution >= 4 is 41.0 Å². The number of anilines is 2. The number of amides is 2. The van der Waals surface area contributed by atoms with Gasteiger partial charge in [-0.15, -0.1) is 0 Å². The molecule has 142 valence electrons. The predicted molar refractivity (Wildman–Crippen MR) is 107 cm³/mol. The van der Waals surface area contributed by atoms with Gasteiger partial charge in [-0.1, -0.05) is 17.7 Å². The van der Waals surface area contributed by atoms with Gasteiger partial charge < -0.3 is 15.3 Å². The molecule has 27 heavy (non-hydrogen) atoms. The smallest absolute Gasteiger partial charge is 0.329 e. The maximum atomic E-state index is 11.8. The fourth-order valence-corrected chi connectivity index (χ4v) is 2.58. The number of phenols is 1. The van der Waals surface area contributed by atoms with E-state index in [0.717, 1.165) is 18.8 Å². The van der Waals surface area contributed by atoms with Crippen LogP contribution in [0.5, 0.6) is 5.75 Å². The normalized spacial score (nSPS) is 10.6. The molecule has 2 rings (SSSR count). The van der Waals surface area contributed by atoms with Gasteiger partial charge in [0.05, 0.1) is 6.21 Å². The van der Waals surface area contributed by atoms with Gasteiger partial charge in [-0.25, -0.2) is 5.43 Å². The average molecular weight is 389 g/mol. The Balaban J connectivity index is 1.96. The molecular formula is C19H21ClN4O3. The van der Waals surface area contributed by atoms with Crippen molar-refractivity contribution < 1.29 is 14.7 Å². The van der Waals surface area contributed by atoms with Crippen molar-refractivity contribution in [2.75, 3.05) is 23.3 Å². The van der Waals surface area contributed by atoms with Crippen molar-refractivity contribution in [1.82, 2.24) is 5.43 Å². The van der Waals surface area contributed by atoms with E-state index in [1.165, 1.54) is 12.3 Å². The van der Waals surface area contributed by atoms with Gasteiger partial charge in [0, 0.05) is 41.1 Å². The molecule has 0 unspecified atom stereocenters. The molecule has 0 fully saturated rings. The lowest BCUT2D eigenvalue weighted by Crippen LogP contribution is -2.32. The van der Waals surface area contributed by atoms with Crippen LogP contribution in [0.3, 0.4) is 0 Å². The molecule has 0 spiro atoms. The summed E-state index contributed by atoms with van der Waals surface area (Å²) in [7, 11) is 0. The van der Waals surface area contributed by atoms with E-state index in [2.05, 4.69) is 20.7 Å². The summed E-state index contributed by atoms with van der Waals surface area (Å²) in [5.41, 5.74) is 3.82. The summed E-state index contributed by atoms with van der Waals surface area (Å²) >= 11 is 5.82. The van der Waals surface area contributed by atoms with Crippen LogP contribution in [0.15, 0.2) is 47.6 Å². The Labute approximate surface area is 162 Å². The van der Waals surface area contributed by atoms with Crippen molar-refractivity contribution in [3.05, 3.63) is 53.1 Å². The van der Waals surface area contributed by atoms with Crippen molar-refractivity contribution in [3.63, 3.8) is 0 Å². The topological polar surface area (TPSA) is 94.0 Å². The van der Waals surface area contributed by atoms with Gasteiger partial charge >= 0.3 is 11.8 Å². The third kappa shape index (κ3) is 5.72. The summed E-state index contributed by atoms with van der Waals surface area (Å²) in [6.45, 7) is 5.70. The van der Waals surface area contributed by atoms with Crippen LogP contribution in [-0.4, -0.2) is 36.2 Å². The molecule has 2 aromatic rings. The van der Waals surface area contributed by atoms with Crippen LogP contribution in [0.2, 0.25) is 5.02 Å². The van der Waals surface area contributed by atoms with Gasteiger partial charge in [0.25, 0.3) is 0 Å². The predicted octanol–water partition coefficient (Wildman–Crippen LogP) is 2.98. The maximum Gasteiger partial charge on any atom is 0.329 e. The van der Waals surface area contributed by atoms with Crippen LogP contribution >= 0.6 is 11.6 Å². The SMILES string of the molecule is CCN(CC)c1ccc(/C=N/NC(=O)C(=O)Nc2cccc(Cl)c2)c(O)c1. The number of carbonyl (C=O) groups is 2. The molecule has 0 aliphatic heterocycles. The molecule has 0 saturated carbocycles. The van der Waals surface area contributed by atoms with E-state index >= 15 is 0 Å². The summed E-state index contributed by atoms with van der Waals surface area (Å²) in [6, 6.07) is 11.6. The molecule has 0 aliphatic carbocycles. The monoisotopic (exact) mass is 388 g/mol. The lowest BCUT2D eigenvalue weighted by molar-refractivity contribution is -0.136. The molecule has 8 heteroatoms. The molecule has 7 nitrogen and oxygen atoms in total. The molecule has 0 heterocycles. The summed E-state index contributed by atoms with van der Waals surface area (Å²) < 4.78 is 0. The van der Waals surface area contributed by atoms with Gasteiger partial charge in [0.2, 0.25) is 0 Å². The molecule has 0 bridgehead atoms. The minimum absolute atomic E-state index is 0.0285. The van der Waals surface area contributed by atoms with Gasteiger partial charge in [0.15, 0.2) is 0 Å². The number of benzene rings is 2. The van der Waals surface area contributed by atoms with Crippen LogP contribution in [0, 0.1) is 0 Å². The van der Waals surface area contributed by atoms with Crippen LogP contribution in [0.4, 0.5) is 11.4 Å². The zero-order valence-corrected chi connectivity index (χ0v) is 15.8. The van der Waals surface area contributed by atoms with Gasteiger partial charge in [0.1, 0.15) is 5.75 Å². The van der Waals surface area contributed by atoms with Crippen molar-refractivity contribution in [2.24, 2.45) is 5.10 Å². The van der Waals surface area contributed by atoms with Crippen LogP contribution in [-0.2, 0) is 9.59 Å². The zero-order chi connectivity index (χ0) is 19.8. The standard InChI is InChI=1S/C19H21ClN4O3/c1-3-24(4-2)16-9-8-13(17(25)11-16)12-21-23-19(27)18(26)22-15-7-5-6-14(20)10-15/h5-12,25H,3-4H2,1-2H3,(H,22,26)(H,23,27)/b21-12+. The first-order chi connectivity index (χ1) is 12.9. The van der Waals surface area contributed by atoms with Gasteiger partial charge in [-0.3, -0.25) is 9.59 Å². The highest BCUT2D eigenvalue weighted by Gasteiger charge is 2.13. The number of aromatic hydroxyl groups is 1. The minimum atomic E-state index is -0.939. The molecule has 0 atom stereocenters. The largest absolute Gasteiger partial charge is 0.507 e. The third-order valence-electron chi connectivity index (χ3n) is 3.80.